The molecule has 3 heterocycles. The molecule has 3 fully saturated rings. The fraction of sp³-hybridized carbons (Fsp3) is 0.765. The molecule has 3 saturated heterocycles. The number of carbonyl (C=O) groups is 2. The molecule has 47 heavy (non-hydrogen) atoms. The molecule has 4 rings (SSSR count). The normalized spacial score (nSPS) is 32.8. The van der Waals surface area contributed by atoms with Crippen LogP contribution in [0.1, 0.15) is 66.4 Å². The van der Waals surface area contributed by atoms with Crippen molar-refractivity contribution >= 4 is 35.5 Å². The Kier molecular flexibility index (Phi) is 13.4. The van der Waals surface area contributed by atoms with Gasteiger partial charge in [0.25, 0.3) is 0 Å². The molecule has 0 unspecified atom stereocenters. The fourth-order valence-corrected chi connectivity index (χ4v) is 8.75. The maximum absolute atomic E-state index is 14.5. The number of benzene rings is 1. The van der Waals surface area contributed by atoms with Crippen LogP contribution in [0, 0.1) is 17.8 Å². The van der Waals surface area contributed by atoms with Crippen molar-refractivity contribution in [3.8, 4) is 0 Å². The number of fused-ring (bicyclic) bond motifs is 1. The van der Waals surface area contributed by atoms with E-state index in [1.807, 2.05) is 31.2 Å². The summed E-state index contributed by atoms with van der Waals surface area (Å²) in [5, 5.41) is 44.8. The zero-order valence-corrected chi connectivity index (χ0v) is 30.2. The molecule has 0 aliphatic carbocycles. The lowest BCUT2D eigenvalue weighted by molar-refractivity contribution is -0.205. The molecule has 2 amide bonds. The fourth-order valence-electron chi connectivity index (χ4n) is 6.98. The Hall–Kier alpha value is -1.58. The predicted molar refractivity (Wildman–Crippen MR) is 182 cm³/mol. The Morgan fingerprint density at radius 3 is 2.36 bits per heavy atom. The number of nitrogens with one attached hydrogen (secondary N) is 1. The number of hydrogen-bond acceptors (Lipinski definition) is 11. The highest BCUT2D eigenvalue weighted by molar-refractivity contribution is 8.00. The Balaban J connectivity index is 1.66. The molecule has 266 valence electrons. The smallest absolute Gasteiger partial charge is 0.411 e. The van der Waals surface area contributed by atoms with Crippen LogP contribution in [0.15, 0.2) is 29.2 Å². The molecule has 3 aliphatic heterocycles. The minimum atomic E-state index is -1.50. The van der Waals surface area contributed by atoms with Gasteiger partial charge in [0.05, 0.1) is 18.8 Å². The molecule has 0 bridgehead atoms. The molecular formula is C34H54N2O9S2. The summed E-state index contributed by atoms with van der Waals surface area (Å²) in [7, 11) is 0. The van der Waals surface area contributed by atoms with Gasteiger partial charge in [-0.25, -0.2) is 4.79 Å². The van der Waals surface area contributed by atoms with Crippen LogP contribution in [0.4, 0.5) is 4.79 Å². The van der Waals surface area contributed by atoms with Crippen LogP contribution in [-0.4, -0.2) is 116 Å². The second kappa shape index (κ2) is 16.4. The van der Waals surface area contributed by atoms with Crippen LogP contribution >= 0.6 is 23.5 Å². The van der Waals surface area contributed by atoms with Crippen molar-refractivity contribution in [2.24, 2.45) is 17.8 Å². The Bertz CT molecular complexity index is 1180. The molecule has 11 nitrogen and oxygen atoms in total. The summed E-state index contributed by atoms with van der Waals surface area (Å²) in [6, 6.07) is 5.52. The summed E-state index contributed by atoms with van der Waals surface area (Å²) in [6.07, 6.45) is -2.04. The highest BCUT2D eigenvalue weighted by atomic mass is 32.2. The van der Waals surface area contributed by atoms with E-state index in [0.717, 1.165) is 29.7 Å². The van der Waals surface area contributed by atoms with Gasteiger partial charge < -0.3 is 40.0 Å². The van der Waals surface area contributed by atoms with Gasteiger partial charge in [0.15, 0.2) is 0 Å². The standard InChI is InChI=1S/C34H54N2O9S2/c1-18(2)14-21-12-13-43-29-22(15-21)16-36(33(42)45-34(4,5)6)25(29)31(41)35-24(19(3)47-23-10-8-20(17-37)9-11-23)30-27(39)26(38)28(40)32(44-30)46-7/h8-11,18-19,21-22,24-30,32,37-40H,12-17H2,1-7H3,(H,35,41)/t19-,21-,22-,24+,25-,26-,27+,28+,29+,30+,32+/m0/s1. The van der Waals surface area contributed by atoms with Crippen LogP contribution in [0.2, 0.25) is 0 Å². The largest absolute Gasteiger partial charge is 0.444 e. The molecule has 1 aromatic carbocycles. The molecule has 0 aromatic heterocycles. The van der Waals surface area contributed by atoms with Gasteiger partial charge in [0.2, 0.25) is 5.91 Å². The molecule has 13 heteroatoms. The number of likely N-dealkylation sites (tertiary alicyclic amines) is 1. The second-order valence-corrected chi connectivity index (χ2v) is 16.9. The maximum Gasteiger partial charge on any atom is 0.411 e. The van der Waals surface area contributed by atoms with E-state index in [-0.39, 0.29) is 12.5 Å². The van der Waals surface area contributed by atoms with Crippen molar-refractivity contribution in [2.45, 2.75) is 131 Å². The summed E-state index contributed by atoms with van der Waals surface area (Å²) in [4.78, 5) is 30.5. The number of rotatable bonds is 10. The summed E-state index contributed by atoms with van der Waals surface area (Å²) >= 11 is 2.63. The summed E-state index contributed by atoms with van der Waals surface area (Å²) in [6.45, 7) is 12.4. The van der Waals surface area contributed by atoms with E-state index in [0.29, 0.717) is 25.0 Å². The molecule has 0 radical (unpaired) electrons. The van der Waals surface area contributed by atoms with Gasteiger partial charge in [0.1, 0.15) is 41.5 Å². The first-order chi connectivity index (χ1) is 22.1. The van der Waals surface area contributed by atoms with E-state index in [1.165, 1.54) is 28.4 Å². The lowest BCUT2D eigenvalue weighted by Gasteiger charge is -2.45. The second-order valence-electron chi connectivity index (χ2n) is 14.5. The monoisotopic (exact) mass is 698 g/mol. The third-order valence-electron chi connectivity index (χ3n) is 9.15. The van der Waals surface area contributed by atoms with Crippen molar-refractivity contribution < 1.29 is 44.2 Å². The maximum atomic E-state index is 14.5. The zero-order valence-electron chi connectivity index (χ0n) is 28.6. The zero-order chi connectivity index (χ0) is 34.6. The van der Waals surface area contributed by atoms with Gasteiger partial charge in [-0.2, -0.15) is 0 Å². The van der Waals surface area contributed by atoms with E-state index in [4.69, 9.17) is 14.2 Å². The van der Waals surface area contributed by atoms with Crippen molar-refractivity contribution in [2.75, 3.05) is 19.4 Å². The minimum absolute atomic E-state index is 0.0610. The van der Waals surface area contributed by atoms with Gasteiger partial charge in [0, 0.05) is 29.2 Å². The van der Waals surface area contributed by atoms with Crippen molar-refractivity contribution in [3.63, 3.8) is 0 Å². The lowest BCUT2D eigenvalue weighted by Crippen LogP contribution is -2.66. The molecule has 3 aliphatic rings. The number of thioether (sulfide) groups is 2. The first kappa shape index (κ1) is 38.2. The first-order valence-electron chi connectivity index (χ1n) is 16.6. The number of amides is 2. The minimum Gasteiger partial charge on any atom is -0.444 e. The van der Waals surface area contributed by atoms with Gasteiger partial charge in [-0.3, -0.25) is 9.69 Å². The summed E-state index contributed by atoms with van der Waals surface area (Å²) in [5.41, 5.74) is -0.849. The Labute approximate surface area is 287 Å². The number of hydrogen-bond donors (Lipinski definition) is 5. The molecule has 0 saturated carbocycles. The number of aliphatic hydroxyl groups is 4. The van der Waals surface area contributed by atoms with Crippen LogP contribution in [-0.2, 0) is 25.6 Å². The van der Waals surface area contributed by atoms with Crippen molar-refractivity contribution in [1.82, 2.24) is 10.2 Å². The van der Waals surface area contributed by atoms with Gasteiger partial charge >= 0.3 is 6.09 Å². The first-order valence-corrected chi connectivity index (χ1v) is 18.8. The highest BCUT2D eigenvalue weighted by Gasteiger charge is 2.53. The van der Waals surface area contributed by atoms with E-state index >= 15 is 0 Å². The van der Waals surface area contributed by atoms with Gasteiger partial charge in [-0.05, 0) is 75.8 Å². The highest BCUT2D eigenvalue weighted by Crippen LogP contribution is 2.39. The third kappa shape index (κ3) is 9.56. The third-order valence-corrected chi connectivity index (χ3v) is 11.2. The quantitative estimate of drug-likeness (QED) is 0.228. The average molecular weight is 699 g/mol. The Morgan fingerprint density at radius 1 is 1.09 bits per heavy atom. The van der Waals surface area contributed by atoms with Crippen LogP contribution in [0.25, 0.3) is 0 Å². The van der Waals surface area contributed by atoms with Gasteiger partial charge in [-0.15, -0.1) is 23.5 Å². The molecule has 11 atom stereocenters. The van der Waals surface area contributed by atoms with Crippen molar-refractivity contribution in [3.05, 3.63) is 29.8 Å². The van der Waals surface area contributed by atoms with Crippen LogP contribution < -0.4 is 5.32 Å². The SMILES string of the molecule is CS[C@H]1O[C@H]([C@H](NC(=O)[C@@H]2[C@@H]3OCC[C@@H](CC(C)C)C[C@H]3CN2C(=O)OC(C)(C)C)[C@H](C)Sc2ccc(CO)cc2)[C@H](O)[C@H](O)[C@H]1O. The van der Waals surface area contributed by atoms with Crippen LogP contribution in [0.5, 0.6) is 0 Å². The summed E-state index contributed by atoms with van der Waals surface area (Å²) in [5.74, 6) is 0.403. The topological polar surface area (TPSA) is 158 Å². The number of carbonyl (C=O) groups excluding carboxylic acids is 2. The van der Waals surface area contributed by atoms with Crippen molar-refractivity contribution in [1.29, 1.82) is 0 Å². The van der Waals surface area contributed by atoms with E-state index in [2.05, 4.69) is 19.2 Å². The van der Waals surface area contributed by atoms with E-state index < -0.39 is 70.9 Å². The van der Waals surface area contributed by atoms with Gasteiger partial charge in [-0.1, -0.05) is 32.9 Å². The van der Waals surface area contributed by atoms with Crippen LogP contribution in [0.3, 0.4) is 0 Å². The predicted octanol–water partition coefficient (Wildman–Crippen LogP) is 3.39. The Morgan fingerprint density at radius 2 is 1.77 bits per heavy atom. The molecule has 1 aromatic rings. The van der Waals surface area contributed by atoms with E-state index in [9.17, 15) is 30.0 Å². The number of nitrogens with zero attached hydrogens (tertiary/aromatic N) is 1. The molecule has 0 spiro atoms. The lowest BCUT2D eigenvalue weighted by atomic mass is 9.85. The number of aliphatic hydroxyl groups excluding tert-OH is 4. The summed E-state index contributed by atoms with van der Waals surface area (Å²) < 4.78 is 18.3. The molecular weight excluding hydrogens is 645 g/mol. The molecule has 5 N–H and O–H groups in total. The average Bonchev–Trinajstić information content (AvgIpc) is 3.25. The number of ether oxygens (including phenoxy) is 3. The van der Waals surface area contributed by atoms with E-state index in [1.54, 1.807) is 27.0 Å².